The third kappa shape index (κ3) is 2.90. The first-order valence-electron chi connectivity index (χ1n) is 7.82. The molecule has 2 aromatic heterocycles. The highest BCUT2D eigenvalue weighted by Gasteiger charge is 2.22. The molecule has 1 aromatic carbocycles. The number of nitrogens with one attached hydrogen (secondary N) is 1. The van der Waals surface area contributed by atoms with Crippen LogP contribution < -0.4 is 5.56 Å². The summed E-state index contributed by atoms with van der Waals surface area (Å²) in [4.78, 5) is 22.9. The minimum Gasteiger partial charge on any atom is -0.306 e. The fourth-order valence-corrected chi connectivity index (χ4v) is 3.70. The maximum Gasteiger partial charge on any atom is 0.254 e. The van der Waals surface area contributed by atoms with Gasteiger partial charge in [0.15, 0.2) is 5.82 Å². The number of aromatic nitrogens is 2. The molecule has 1 N–H and O–H groups in total. The fraction of sp³-hybridized carbons (Fsp3) is 0.222. The van der Waals surface area contributed by atoms with E-state index in [9.17, 15) is 9.18 Å². The Hall–Kier alpha value is -2.31. The van der Waals surface area contributed by atoms with Crippen molar-refractivity contribution in [3.05, 3.63) is 74.8 Å². The number of aromatic amines is 1. The van der Waals surface area contributed by atoms with E-state index < -0.39 is 0 Å². The van der Waals surface area contributed by atoms with Crippen molar-refractivity contribution in [3.63, 3.8) is 0 Å². The van der Waals surface area contributed by atoms with Crippen molar-refractivity contribution in [1.29, 1.82) is 0 Å². The van der Waals surface area contributed by atoms with E-state index in [2.05, 4.69) is 14.9 Å². The molecule has 0 fully saturated rings. The van der Waals surface area contributed by atoms with Crippen LogP contribution in [-0.2, 0) is 19.5 Å². The summed E-state index contributed by atoms with van der Waals surface area (Å²) in [5.74, 6) is 0.419. The van der Waals surface area contributed by atoms with E-state index in [1.807, 2.05) is 23.6 Å². The van der Waals surface area contributed by atoms with Crippen LogP contribution in [0.4, 0.5) is 4.39 Å². The number of thiophene rings is 1. The summed E-state index contributed by atoms with van der Waals surface area (Å²) in [6.07, 6.45) is 0.636. The molecule has 0 unspecified atom stereocenters. The van der Waals surface area contributed by atoms with E-state index in [4.69, 9.17) is 0 Å². The second kappa shape index (κ2) is 6.30. The summed E-state index contributed by atoms with van der Waals surface area (Å²) in [5.41, 5.74) is 2.16. The first-order chi connectivity index (χ1) is 11.7. The quantitative estimate of drug-likeness (QED) is 0.796. The van der Waals surface area contributed by atoms with E-state index in [-0.39, 0.29) is 11.4 Å². The van der Waals surface area contributed by atoms with E-state index in [0.717, 1.165) is 22.7 Å². The first-order valence-corrected chi connectivity index (χ1v) is 8.70. The molecule has 0 radical (unpaired) electrons. The molecule has 122 valence electrons. The Balaban J connectivity index is 1.62. The zero-order chi connectivity index (χ0) is 16.5. The van der Waals surface area contributed by atoms with Crippen LogP contribution in [0.25, 0.3) is 10.7 Å². The molecule has 1 aliphatic rings. The zero-order valence-electron chi connectivity index (χ0n) is 13.0. The summed E-state index contributed by atoms with van der Waals surface area (Å²) in [5, 5.41) is 1.96. The minimum atomic E-state index is -0.193. The highest BCUT2D eigenvalue weighted by Crippen LogP contribution is 2.23. The molecule has 0 bridgehead atoms. The number of fused-ring (bicyclic) bond motifs is 1. The Kier molecular flexibility index (Phi) is 4.00. The predicted octanol–water partition coefficient (Wildman–Crippen LogP) is 3.20. The Morgan fingerprint density at radius 2 is 2.12 bits per heavy atom. The van der Waals surface area contributed by atoms with Gasteiger partial charge in [-0.1, -0.05) is 24.3 Å². The monoisotopic (exact) mass is 341 g/mol. The van der Waals surface area contributed by atoms with Crippen LogP contribution in [0.1, 0.15) is 16.8 Å². The van der Waals surface area contributed by atoms with E-state index in [1.54, 1.807) is 23.5 Å². The van der Waals surface area contributed by atoms with Gasteiger partial charge in [-0.2, -0.15) is 0 Å². The number of benzene rings is 1. The number of hydrogen-bond acceptors (Lipinski definition) is 4. The Morgan fingerprint density at radius 3 is 2.92 bits per heavy atom. The van der Waals surface area contributed by atoms with Gasteiger partial charge >= 0.3 is 0 Å². The van der Waals surface area contributed by atoms with Crippen LogP contribution in [0.3, 0.4) is 0 Å². The summed E-state index contributed by atoms with van der Waals surface area (Å²) in [7, 11) is 0. The molecular formula is C18H16FN3OS. The lowest BCUT2D eigenvalue weighted by molar-refractivity contribution is 0.237. The molecule has 0 aliphatic carbocycles. The molecule has 24 heavy (non-hydrogen) atoms. The molecule has 4 nitrogen and oxygen atoms in total. The van der Waals surface area contributed by atoms with Gasteiger partial charge in [-0.05, 0) is 23.9 Å². The highest BCUT2D eigenvalue weighted by molar-refractivity contribution is 7.13. The van der Waals surface area contributed by atoms with Gasteiger partial charge in [-0.15, -0.1) is 11.3 Å². The van der Waals surface area contributed by atoms with Crippen molar-refractivity contribution in [2.75, 3.05) is 6.54 Å². The lowest BCUT2D eigenvalue weighted by Gasteiger charge is -2.27. The lowest BCUT2D eigenvalue weighted by Crippen LogP contribution is -2.35. The normalized spacial score (nSPS) is 14.5. The van der Waals surface area contributed by atoms with Crippen LogP contribution in [0, 0.1) is 5.82 Å². The van der Waals surface area contributed by atoms with Gasteiger partial charge in [0.2, 0.25) is 0 Å². The van der Waals surface area contributed by atoms with Crippen molar-refractivity contribution >= 4 is 11.3 Å². The largest absolute Gasteiger partial charge is 0.306 e. The molecule has 0 saturated carbocycles. The molecule has 0 amide bonds. The second-order valence-corrected chi connectivity index (χ2v) is 6.82. The first kappa shape index (κ1) is 15.2. The molecule has 0 saturated heterocycles. The summed E-state index contributed by atoms with van der Waals surface area (Å²) < 4.78 is 13.9. The molecule has 0 atom stereocenters. The number of rotatable bonds is 3. The number of hydrogen-bond donors (Lipinski definition) is 1. The highest BCUT2D eigenvalue weighted by atomic mass is 32.1. The van der Waals surface area contributed by atoms with Crippen LogP contribution in [0.15, 0.2) is 46.6 Å². The van der Waals surface area contributed by atoms with Gasteiger partial charge in [0.25, 0.3) is 5.56 Å². The van der Waals surface area contributed by atoms with Gasteiger partial charge in [-0.3, -0.25) is 9.69 Å². The Labute approximate surface area is 142 Å². The van der Waals surface area contributed by atoms with Gasteiger partial charge in [0, 0.05) is 30.8 Å². The topological polar surface area (TPSA) is 49.0 Å². The fourth-order valence-electron chi connectivity index (χ4n) is 3.03. The number of H-pyrrole nitrogens is 1. The summed E-state index contributed by atoms with van der Waals surface area (Å²) in [6, 6.07) is 10.7. The SMILES string of the molecule is O=c1[nH]c(-c2cccs2)nc2c1CCN(Cc1ccccc1F)C2. The van der Waals surface area contributed by atoms with Gasteiger partial charge in [0.1, 0.15) is 5.82 Å². The second-order valence-electron chi connectivity index (χ2n) is 5.87. The van der Waals surface area contributed by atoms with E-state index >= 15 is 0 Å². The summed E-state index contributed by atoms with van der Waals surface area (Å²) in [6.45, 7) is 1.81. The third-order valence-electron chi connectivity index (χ3n) is 4.26. The number of halogens is 1. The maximum atomic E-state index is 13.9. The average Bonchev–Trinajstić information content (AvgIpc) is 3.11. The minimum absolute atomic E-state index is 0.0612. The van der Waals surface area contributed by atoms with Crippen LogP contribution in [-0.4, -0.2) is 21.4 Å². The lowest BCUT2D eigenvalue weighted by atomic mass is 10.1. The van der Waals surface area contributed by atoms with Crippen molar-refractivity contribution in [2.24, 2.45) is 0 Å². The van der Waals surface area contributed by atoms with E-state index in [0.29, 0.717) is 30.9 Å². The molecule has 3 heterocycles. The average molecular weight is 341 g/mol. The standard InChI is InChI=1S/C18H16FN3OS/c19-14-5-2-1-4-12(14)10-22-8-7-13-15(11-22)20-17(21-18(13)23)16-6-3-9-24-16/h1-6,9H,7-8,10-11H2,(H,20,21,23). The molecule has 4 rings (SSSR count). The maximum absolute atomic E-state index is 13.9. The Bertz CT molecular complexity index is 920. The molecular weight excluding hydrogens is 325 g/mol. The van der Waals surface area contributed by atoms with Crippen molar-refractivity contribution in [3.8, 4) is 10.7 Å². The molecule has 0 spiro atoms. The molecule has 1 aliphatic heterocycles. The molecule has 3 aromatic rings. The van der Waals surface area contributed by atoms with Crippen molar-refractivity contribution < 1.29 is 4.39 Å². The van der Waals surface area contributed by atoms with Crippen molar-refractivity contribution in [2.45, 2.75) is 19.5 Å². The smallest absolute Gasteiger partial charge is 0.254 e. The zero-order valence-corrected chi connectivity index (χ0v) is 13.8. The number of nitrogens with zero attached hydrogens (tertiary/aromatic N) is 2. The van der Waals surface area contributed by atoms with Gasteiger partial charge < -0.3 is 4.98 Å². The third-order valence-corrected chi connectivity index (χ3v) is 5.14. The van der Waals surface area contributed by atoms with Gasteiger partial charge in [0.05, 0.1) is 10.6 Å². The van der Waals surface area contributed by atoms with Gasteiger partial charge in [-0.25, -0.2) is 9.37 Å². The Morgan fingerprint density at radius 1 is 1.25 bits per heavy atom. The van der Waals surface area contributed by atoms with Crippen LogP contribution in [0.2, 0.25) is 0 Å². The predicted molar refractivity (Wildman–Crippen MR) is 92.4 cm³/mol. The summed E-state index contributed by atoms with van der Waals surface area (Å²) >= 11 is 1.54. The van der Waals surface area contributed by atoms with E-state index in [1.165, 1.54) is 6.07 Å². The van der Waals surface area contributed by atoms with Crippen LogP contribution >= 0.6 is 11.3 Å². The van der Waals surface area contributed by atoms with Crippen LogP contribution in [0.5, 0.6) is 0 Å². The van der Waals surface area contributed by atoms with Crippen molar-refractivity contribution in [1.82, 2.24) is 14.9 Å². The molecule has 6 heteroatoms.